The highest BCUT2D eigenvalue weighted by Gasteiger charge is 2.37. The number of hydrogen-bond donors (Lipinski definition) is 1. The molecular formula is C27H24O3. The van der Waals surface area contributed by atoms with Crippen LogP contribution in [-0.2, 0) is 5.41 Å². The fourth-order valence-corrected chi connectivity index (χ4v) is 4.75. The van der Waals surface area contributed by atoms with E-state index in [-0.39, 0.29) is 11.2 Å². The SMILES string of the molecule is COc1cc2c(O)cc3c(c2cc1OC)-c1ccc(-c2ccccc2)cc1C3(C)C. The number of fused-ring (bicyclic) bond motifs is 5. The molecule has 4 aromatic rings. The number of ether oxygens (including phenoxy) is 2. The summed E-state index contributed by atoms with van der Waals surface area (Å²) in [6.07, 6.45) is 0. The van der Waals surface area contributed by atoms with Crippen molar-refractivity contribution in [3.8, 4) is 39.5 Å². The Morgan fingerprint density at radius 2 is 1.37 bits per heavy atom. The van der Waals surface area contributed by atoms with Crippen LogP contribution in [-0.4, -0.2) is 19.3 Å². The minimum atomic E-state index is -0.228. The molecule has 0 heterocycles. The minimum absolute atomic E-state index is 0.228. The molecule has 150 valence electrons. The third kappa shape index (κ3) is 2.51. The number of rotatable bonds is 3. The number of phenols is 1. The number of phenolic OH excluding ortho intramolecular Hbond substituents is 1. The first kappa shape index (κ1) is 18.6. The summed E-state index contributed by atoms with van der Waals surface area (Å²) in [4.78, 5) is 0. The van der Waals surface area contributed by atoms with E-state index in [1.165, 1.54) is 22.3 Å². The average Bonchev–Trinajstić information content (AvgIpc) is 3.00. The summed E-state index contributed by atoms with van der Waals surface area (Å²) in [5.74, 6) is 1.52. The Bertz CT molecular complexity index is 1290. The summed E-state index contributed by atoms with van der Waals surface area (Å²) in [5, 5.41) is 12.6. The zero-order valence-electron chi connectivity index (χ0n) is 17.6. The molecular weight excluding hydrogens is 372 g/mol. The first-order valence-corrected chi connectivity index (χ1v) is 10.1. The molecule has 3 heteroatoms. The molecule has 3 nitrogen and oxygen atoms in total. The third-order valence-electron chi connectivity index (χ3n) is 6.36. The van der Waals surface area contributed by atoms with E-state index < -0.39 is 0 Å². The predicted molar refractivity (Wildman–Crippen MR) is 122 cm³/mol. The molecule has 4 aromatic carbocycles. The van der Waals surface area contributed by atoms with E-state index in [0.29, 0.717) is 11.5 Å². The molecule has 0 saturated carbocycles. The lowest BCUT2D eigenvalue weighted by Crippen LogP contribution is -2.15. The fraction of sp³-hybridized carbons (Fsp3) is 0.185. The van der Waals surface area contributed by atoms with E-state index >= 15 is 0 Å². The van der Waals surface area contributed by atoms with Gasteiger partial charge in [-0.2, -0.15) is 0 Å². The average molecular weight is 396 g/mol. The van der Waals surface area contributed by atoms with Gasteiger partial charge >= 0.3 is 0 Å². The van der Waals surface area contributed by atoms with Crippen molar-refractivity contribution in [2.45, 2.75) is 19.3 Å². The predicted octanol–water partition coefficient (Wildman–Crippen LogP) is 6.54. The van der Waals surface area contributed by atoms with Crippen LogP contribution in [0.5, 0.6) is 17.2 Å². The monoisotopic (exact) mass is 396 g/mol. The van der Waals surface area contributed by atoms with Crippen molar-refractivity contribution in [3.05, 3.63) is 77.9 Å². The summed E-state index contributed by atoms with van der Waals surface area (Å²) in [7, 11) is 3.24. The van der Waals surface area contributed by atoms with Gasteiger partial charge in [-0.1, -0.05) is 56.3 Å². The van der Waals surface area contributed by atoms with E-state index in [1.807, 2.05) is 24.3 Å². The van der Waals surface area contributed by atoms with Gasteiger partial charge in [0.05, 0.1) is 14.2 Å². The molecule has 5 rings (SSSR count). The minimum Gasteiger partial charge on any atom is -0.507 e. The molecule has 1 aliphatic rings. The second kappa shape index (κ2) is 6.53. The van der Waals surface area contributed by atoms with E-state index in [9.17, 15) is 5.11 Å². The first-order valence-electron chi connectivity index (χ1n) is 10.1. The summed E-state index contributed by atoms with van der Waals surface area (Å²) in [6, 6.07) is 22.8. The molecule has 0 saturated heterocycles. The van der Waals surface area contributed by atoms with Crippen molar-refractivity contribution in [3.63, 3.8) is 0 Å². The Hall–Kier alpha value is -3.46. The number of methoxy groups -OCH3 is 2. The molecule has 0 aliphatic heterocycles. The van der Waals surface area contributed by atoms with Crippen molar-refractivity contribution < 1.29 is 14.6 Å². The van der Waals surface area contributed by atoms with Gasteiger partial charge in [-0.3, -0.25) is 0 Å². The zero-order chi connectivity index (χ0) is 21.0. The highest BCUT2D eigenvalue weighted by Crippen LogP contribution is 2.54. The molecule has 1 aliphatic carbocycles. The van der Waals surface area contributed by atoms with Crippen LogP contribution in [0.1, 0.15) is 25.0 Å². The zero-order valence-corrected chi connectivity index (χ0v) is 17.6. The van der Waals surface area contributed by atoms with Crippen LogP contribution in [0, 0.1) is 0 Å². The molecule has 0 unspecified atom stereocenters. The van der Waals surface area contributed by atoms with E-state index in [1.54, 1.807) is 14.2 Å². The van der Waals surface area contributed by atoms with Gasteiger partial charge in [0.2, 0.25) is 0 Å². The summed E-state index contributed by atoms with van der Waals surface area (Å²) in [6.45, 7) is 4.44. The number of aromatic hydroxyl groups is 1. The lowest BCUT2D eigenvalue weighted by Gasteiger charge is -2.22. The molecule has 0 radical (unpaired) electrons. The lowest BCUT2D eigenvalue weighted by molar-refractivity contribution is 0.355. The topological polar surface area (TPSA) is 38.7 Å². The summed E-state index contributed by atoms with van der Waals surface area (Å²) < 4.78 is 11.0. The second-order valence-electron chi connectivity index (χ2n) is 8.32. The Labute approximate surface area is 176 Å². The number of benzene rings is 4. The highest BCUT2D eigenvalue weighted by atomic mass is 16.5. The Kier molecular flexibility index (Phi) is 4.04. The van der Waals surface area contributed by atoms with Crippen molar-refractivity contribution in [1.29, 1.82) is 0 Å². The van der Waals surface area contributed by atoms with Gasteiger partial charge in [0.1, 0.15) is 5.75 Å². The summed E-state index contributed by atoms with van der Waals surface area (Å²) >= 11 is 0. The smallest absolute Gasteiger partial charge is 0.161 e. The van der Waals surface area contributed by atoms with E-state index in [2.05, 4.69) is 56.3 Å². The van der Waals surface area contributed by atoms with Crippen molar-refractivity contribution in [2.75, 3.05) is 14.2 Å². The van der Waals surface area contributed by atoms with Crippen LogP contribution in [0.2, 0.25) is 0 Å². The van der Waals surface area contributed by atoms with Crippen LogP contribution in [0.3, 0.4) is 0 Å². The lowest BCUT2D eigenvalue weighted by atomic mass is 9.81. The quantitative estimate of drug-likeness (QED) is 0.427. The molecule has 1 N–H and O–H groups in total. The maximum absolute atomic E-state index is 10.9. The fourth-order valence-electron chi connectivity index (χ4n) is 4.75. The molecule has 0 atom stereocenters. The molecule has 0 aromatic heterocycles. The molecule has 0 bridgehead atoms. The van der Waals surface area contributed by atoms with Gasteiger partial charge in [-0.05, 0) is 63.0 Å². The maximum Gasteiger partial charge on any atom is 0.161 e. The van der Waals surface area contributed by atoms with Crippen molar-refractivity contribution in [2.24, 2.45) is 0 Å². The molecule has 0 amide bonds. The molecule has 0 spiro atoms. The van der Waals surface area contributed by atoms with Gasteiger partial charge < -0.3 is 14.6 Å². The maximum atomic E-state index is 10.9. The van der Waals surface area contributed by atoms with Crippen LogP contribution in [0.15, 0.2) is 66.7 Å². The molecule has 0 fully saturated rings. The second-order valence-corrected chi connectivity index (χ2v) is 8.32. The van der Waals surface area contributed by atoms with Crippen LogP contribution >= 0.6 is 0 Å². The third-order valence-corrected chi connectivity index (χ3v) is 6.36. The van der Waals surface area contributed by atoms with E-state index in [0.717, 1.165) is 21.9 Å². The van der Waals surface area contributed by atoms with Gasteiger partial charge in [-0.25, -0.2) is 0 Å². The Morgan fingerprint density at radius 3 is 2.03 bits per heavy atom. The Balaban J connectivity index is 1.82. The molecule has 30 heavy (non-hydrogen) atoms. The first-order chi connectivity index (χ1) is 14.5. The standard InChI is InChI=1S/C27H24O3/c1-27(2)21-12-17(16-8-6-5-7-9-16)10-11-18(21)26-20-14-25(30-4)24(29-3)13-19(20)23(28)15-22(26)27/h5-15,28H,1-4H3. The Morgan fingerprint density at radius 1 is 0.700 bits per heavy atom. The van der Waals surface area contributed by atoms with E-state index in [4.69, 9.17) is 9.47 Å². The van der Waals surface area contributed by atoms with Crippen molar-refractivity contribution in [1.82, 2.24) is 0 Å². The summed E-state index contributed by atoms with van der Waals surface area (Å²) in [5.41, 5.74) is 6.92. The van der Waals surface area contributed by atoms with Crippen LogP contribution in [0.25, 0.3) is 33.0 Å². The number of hydrogen-bond acceptors (Lipinski definition) is 3. The normalized spacial score (nSPS) is 13.7. The van der Waals surface area contributed by atoms with Gasteiger partial charge in [0, 0.05) is 10.8 Å². The van der Waals surface area contributed by atoms with Crippen molar-refractivity contribution >= 4 is 10.8 Å². The van der Waals surface area contributed by atoms with Crippen LogP contribution < -0.4 is 9.47 Å². The largest absolute Gasteiger partial charge is 0.507 e. The van der Waals surface area contributed by atoms with Gasteiger partial charge in [0.25, 0.3) is 0 Å². The van der Waals surface area contributed by atoms with Gasteiger partial charge in [-0.15, -0.1) is 0 Å². The van der Waals surface area contributed by atoms with Gasteiger partial charge in [0.15, 0.2) is 11.5 Å². The highest BCUT2D eigenvalue weighted by molar-refractivity contribution is 6.06. The van der Waals surface area contributed by atoms with Crippen LogP contribution in [0.4, 0.5) is 0 Å².